The Kier molecular flexibility index (Phi) is 6.85. The molecule has 0 unspecified atom stereocenters. The molecule has 0 aliphatic carbocycles. The predicted octanol–water partition coefficient (Wildman–Crippen LogP) is 5.30. The Bertz CT molecular complexity index is 740. The van der Waals surface area contributed by atoms with Crippen LogP contribution in [0, 0.1) is 0 Å². The van der Waals surface area contributed by atoms with Crippen LogP contribution in [0.4, 0.5) is 5.69 Å². The monoisotopic (exact) mass is 379 g/mol. The summed E-state index contributed by atoms with van der Waals surface area (Å²) in [5.41, 5.74) is 1.90. The molecule has 0 aromatic heterocycles. The van der Waals surface area contributed by atoms with Crippen LogP contribution in [-0.2, 0) is 9.53 Å². The van der Waals surface area contributed by atoms with E-state index in [4.69, 9.17) is 27.9 Å². The highest BCUT2D eigenvalue weighted by atomic mass is 35.5. The summed E-state index contributed by atoms with van der Waals surface area (Å²) in [6.45, 7) is 3.85. The van der Waals surface area contributed by atoms with E-state index in [1.165, 1.54) is 17.7 Å². The Morgan fingerprint density at radius 2 is 1.68 bits per heavy atom. The van der Waals surface area contributed by atoms with Gasteiger partial charge in [0.1, 0.15) is 0 Å². The number of hydrogen-bond acceptors (Lipinski definition) is 3. The fourth-order valence-electron chi connectivity index (χ4n) is 2.22. The van der Waals surface area contributed by atoms with Gasteiger partial charge in [0.25, 0.3) is 5.91 Å². The van der Waals surface area contributed by atoms with Crippen LogP contribution in [0.15, 0.2) is 42.5 Å². The van der Waals surface area contributed by atoms with Crippen LogP contribution in [0.3, 0.4) is 0 Å². The minimum absolute atomic E-state index is 0.0524. The van der Waals surface area contributed by atoms with Crippen LogP contribution >= 0.6 is 23.2 Å². The number of hydrogen-bond donors (Lipinski definition) is 1. The molecular formula is C19H19Cl2NO3. The first kappa shape index (κ1) is 19.3. The van der Waals surface area contributed by atoms with Crippen molar-refractivity contribution in [3.8, 4) is 0 Å². The molecule has 4 nitrogen and oxygen atoms in total. The summed E-state index contributed by atoms with van der Waals surface area (Å²) in [5.74, 6) is -0.711. The van der Waals surface area contributed by atoms with Gasteiger partial charge in [0.15, 0.2) is 6.61 Å². The van der Waals surface area contributed by atoms with Crippen molar-refractivity contribution in [2.75, 3.05) is 11.9 Å². The topological polar surface area (TPSA) is 55.4 Å². The van der Waals surface area contributed by atoms with Crippen molar-refractivity contribution in [1.29, 1.82) is 0 Å². The van der Waals surface area contributed by atoms with Gasteiger partial charge < -0.3 is 10.1 Å². The highest BCUT2D eigenvalue weighted by molar-refractivity contribution is 6.39. The molecule has 1 atom stereocenters. The smallest absolute Gasteiger partial charge is 0.341 e. The standard InChI is InChI=1S/C19H19Cl2NO3/c1-3-12(2)13-7-9-14(10-8-13)22-17(23)11-25-19(24)18-15(20)5-4-6-16(18)21/h4-10,12H,3,11H2,1-2H3,(H,22,23)/t12-/m0/s1. The molecule has 1 amide bonds. The number of nitrogens with one attached hydrogen (secondary N) is 1. The summed E-state index contributed by atoms with van der Waals surface area (Å²) in [7, 11) is 0. The van der Waals surface area contributed by atoms with E-state index in [0.29, 0.717) is 11.6 Å². The van der Waals surface area contributed by atoms with E-state index in [9.17, 15) is 9.59 Å². The van der Waals surface area contributed by atoms with Crippen LogP contribution in [-0.4, -0.2) is 18.5 Å². The molecule has 0 radical (unpaired) electrons. The first-order chi connectivity index (χ1) is 11.9. The van der Waals surface area contributed by atoms with Crippen molar-refractivity contribution in [1.82, 2.24) is 0 Å². The minimum atomic E-state index is -0.738. The fraction of sp³-hybridized carbons (Fsp3) is 0.263. The molecule has 0 aliphatic heterocycles. The van der Waals surface area contributed by atoms with Crippen molar-refractivity contribution in [3.05, 3.63) is 63.6 Å². The average Bonchev–Trinajstić information content (AvgIpc) is 2.60. The SMILES string of the molecule is CC[C@H](C)c1ccc(NC(=O)COC(=O)c2c(Cl)cccc2Cl)cc1. The lowest BCUT2D eigenvalue weighted by atomic mass is 9.99. The Labute approximate surface area is 157 Å². The first-order valence-electron chi connectivity index (χ1n) is 7.93. The summed E-state index contributed by atoms with van der Waals surface area (Å²) >= 11 is 11.9. The summed E-state index contributed by atoms with van der Waals surface area (Å²) in [4.78, 5) is 24.0. The molecule has 1 N–H and O–H groups in total. The summed E-state index contributed by atoms with van der Waals surface area (Å²) in [6.07, 6.45) is 1.05. The molecule has 0 heterocycles. The first-order valence-corrected chi connectivity index (χ1v) is 8.69. The molecule has 0 saturated heterocycles. The third kappa shape index (κ3) is 5.21. The molecule has 25 heavy (non-hydrogen) atoms. The van der Waals surface area contributed by atoms with Gasteiger partial charge in [-0.05, 0) is 42.2 Å². The third-order valence-electron chi connectivity index (χ3n) is 3.88. The second kappa shape index (κ2) is 8.88. The molecule has 0 fully saturated rings. The molecule has 0 spiro atoms. The average molecular weight is 380 g/mol. The van der Waals surface area contributed by atoms with Gasteiger partial charge in [-0.25, -0.2) is 4.79 Å². The Balaban J connectivity index is 1.91. The van der Waals surface area contributed by atoms with Gasteiger partial charge in [-0.15, -0.1) is 0 Å². The summed E-state index contributed by atoms with van der Waals surface area (Å²) in [5, 5.41) is 3.04. The third-order valence-corrected chi connectivity index (χ3v) is 4.51. The van der Waals surface area contributed by atoms with Crippen molar-refractivity contribution >= 4 is 40.8 Å². The van der Waals surface area contributed by atoms with Crippen molar-refractivity contribution in [3.63, 3.8) is 0 Å². The lowest BCUT2D eigenvalue weighted by Gasteiger charge is -2.11. The second-order valence-corrected chi connectivity index (χ2v) is 6.47. The van der Waals surface area contributed by atoms with Gasteiger partial charge >= 0.3 is 5.97 Å². The van der Waals surface area contributed by atoms with Gasteiger partial charge in [0.2, 0.25) is 0 Å². The van der Waals surface area contributed by atoms with Gasteiger partial charge in [-0.2, -0.15) is 0 Å². The van der Waals surface area contributed by atoms with Crippen molar-refractivity contribution in [2.24, 2.45) is 0 Å². The molecule has 2 aromatic rings. The number of benzene rings is 2. The molecule has 0 saturated carbocycles. The molecular weight excluding hydrogens is 361 g/mol. The maximum atomic E-state index is 12.0. The second-order valence-electron chi connectivity index (χ2n) is 5.65. The van der Waals surface area contributed by atoms with E-state index in [1.807, 2.05) is 24.3 Å². The van der Waals surface area contributed by atoms with Crippen molar-refractivity contribution in [2.45, 2.75) is 26.2 Å². The van der Waals surface area contributed by atoms with Crippen molar-refractivity contribution < 1.29 is 14.3 Å². The molecule has 0 aliphatic rings. The number of esters is 1. The number of amides is 1. The maximum absolute atomic E-state index is 12.0. The van der Waals surface area contributed by atoms with Crippen LogP contribution in [0.2, 0.25) is 10.0 Å². The number of carbonyl (C=O) groups excluding carboxylic acids is 2. The Morgan fingerprint density at radius 1 is 1.08 bits per heavy atom. The maximum Gasteiger partial charge on any atom is 0.341 e. The molecule has 2 rings (SSSR count). The van der Waals surface area contributed by atoms with Gasteiger partial charge in [0, 0.05) is 5.69 Å². The zero-order valence-corrected chi connectivity index (χ0v) is 15.5. The van der Waals surface area contributed by atoms with Gasteiger partial charge in [-0.3, -0.25) is 4.79 Å². The zero-order chi connectivity index (χ0) is 18.4. The fourth-order valence-corrected chi connectivity index (χ4v) is 2.78. The van der Waals surface area contributed by atoms with E-state index in [0.717, 1.165) is 6.42 Å². The number of halogens is 2. The minimum Gasteiger partial charge on any atom is -0.452 e. The normalized spacial score (nSPS) is 11.7. The van der Waals surface area contributed by atoms with Crippen LogP contribution in [0.1, 0.15) is 42.1 Å². The lowest BCUT2D eigenvalue weighted by Crippen LogP contribution is -2.21. The van der Waals surface area contributed by atoms with E-state index in [1.54, 1.807) is 6.07 Å². The van der Waals surface area contributed by atoms with Crippen LogP contribution in [0.5, 0.6) is 0 Å². The van der Waals surface area contributed by atoms with E-state index < -0.39 is 18.5 Å². The molecule has 0 bridgehead atoms. The highest BCUT2D eigenvalue weighted by Crippen LogP contribution is 2.25. The number of rotatable bonds is 6. The zero-order valence-electron chi connectivity index (χ0n) is 14.0. The summed E-state index contributed by atoms with van der Waals surface area (Å²) < 4.78 is 4.98. The van der Waals surface area contributed by atoms with E-state index >= 15 is 0 Å². The van der Waals surface area contributed by atoms with Crippen LogP contribution in [0.25, 0.3) is 0 Å². The molecule has 6 heteroatoms. The number of ether oxygens (including phenoxy) is 1. The van der Waals surface area contributed by atoms with Gasteiger partial charge in [0.05, 0.1) is 15.6 Å². The summed E-state index contributed by atoms with van der Waals surface area (Å²) in [6, 6.07) is 12.3. The van der Waals surface area contributed by atoms with E-state index in [2.05, 4.69) is 19.2 Å². The quantitative estimate of drug-likeness (QED) is 0.692. The lowest BCUT2D eigenvalue weighted by molar-refractivity contribution is -0.119. The molecule has 2 aromatic carbocycles. The highest BCUT2D eigenvalue weighted by Gasteiger charge is 2.17. The van der Waals surface area contributed by atoms with Crippen LogP contribution < -0.4 is 5.32 Å². The Morgan fingerprint density at radius 3 is 2.24 bits per heavy atom. The largest absolute Gasteiger partial charge is 0.452 e. The van der Waals surface area contributed by atoms with E-state index in [-0.39, 0.29) is 15.6 Å². The van der Waals surface area contributed by atoms with Gasteiger partial charge in [-0.1, -0.05) is 55.2 Å². The number of carbonyl (C=O) groups is 2. The molecule has 132 valence electrons. The number of anilines is 1. The Hall–Kier alpha value is -2.04. The predicted molar refractivity (Wildman–Crippen MR) is 101 cm³/mol.